The highest BCUT2D eigenvalue weighted by Crippen LogP contribution is 2.30. The Hall–Kier alpha value is -2.62. The predicted molar refractivity (Wildman–Crippen MR) is 94.8 cm³/mol. The summed E-state index contributed by atoms with van der Waals surface area (Å²) in [6.07, 6.45) is 2.21. The van der Waals surface area contributed by atoms with Crippen LogP contribution in [-0.4, -0.2) is 64.3 Å². The van der Waals surface area contributed by atoms with Crippen LogP contribution in [0.1, 0.15) is 38.8 Å². The zero-order chi connectivity index (χ0) is 18.5. The predicted octanol–water partition coefficient (Wildman–Crippen LogP) is 0.267. The fraction of sp³-hybridized carbons (Fsp3) is 0.625. The molecule has 1 aliphatic rings. The van der Waals surface area contributed by atoms with E-state index in [2.05, 4.69) is 46.3 Å². The molecule has 0 aliphatic carbocycles. The first kappa shape index (κ1) is 16.8. The Labute approximate surface area is 150 Å². The first-order valence-electron chi connectivity index (χ1n) is 8.71. The molecule has 0 radical (unpaired) electrons. The first-order valence-corrected chi connectivity index (χ1v) is 8.71. The van der Waals surface area contributed by atoms with Crippen LogP contribution >= 0.6 is 0 Å². The lowest BCUT2D eigenvalue weighted by atomic mass is 9.95. The minimum Gasteiger partial charge on any atom is -0.391 e. The Bertz CT molecular complexity index is 939. The molecule has 138 valence electrons. The monoisotopic (exact) mass is 357 g/mol. The largest absolute Gasteiger partial charge is 0.391 e. The molecule has 3 aromatic rings. The topological polar surface area (TPSA) is 111 Å². The van der Waals surface area contributed by atoms with Crippen molar-refractivity contribution in [3.63, 3.8) is 0 Å². The third-order valence-corrected chi connectivity index (χ3v) is 4.61. The molecule has 1 N–H and O–H groups in total. The highest BCUT2D eigenvalue weighted by Gasteiger charge is 2.28. The average Bonchev–Trinajstić information content (AvgIpc) is 3.28. The minimum absolute atomic E-state index is 0.206. The molecule has 26 heavy (non-hydrogen) atoms. The van der Waals surface area contributed by atoms with Gasteiger partial charge in [0.25, 0.3) is 0 Å². The van der Waals surface area contributed by atoms with E-state index in [0.29, 0.717) is 18.9 Å². The number of rotatable bonds is 3. The number of aliphatic hydroxyl groups is 1. The second kappa shape index (κ2) is 5.97. The van der Waals surface area contributed by atoms with Crippen LogP contribution in [0.3, 0.4) is 0 Å². The molecule has 3 aromatic heterocycles. The number of hydrogen-bond donors (Lipinski definition) is 1. The van der Waals surface area contributed by atoms with E-state index in [1.54, 1.807) is 22.6 Å². The summed E-state index contributed by atoms with van der Waals surface area (Å²) < 4.78 is 3.42. The van der Waals surface area contributed by atoms with Crippen LogP contribution in [-0.2, 0) is 19.0 Å². The molecule has 1 atom stereocenters. The summed E-state index contributed by atoms with van der Waals surface area (Å²) in [5.74, 6) is 2.28. The number of fused-ring (bicyclic) bond motifs is 1. The molecule has 1 aliphatic heterocycles. The molecule has 0 amide bonds. The molecule has 0 unspecified atom stereocenters. The van der Waals surface area contributed by atoms with Gasteiger partial charge in [0.1, 0.15) is 18.2 Å². The summed E-state index contributed by atoms with van der Waals surface area (Å²) in [5, 5.41) is 26.9. The van der Waals surface area contributed by atoms with E-state index >= 15 is 0 Å². The van der Waals surface area contributed by atoms with Gasteiger partial charge in [0.15, 0.2) is 11.5 Å². The molecule has 1 saturated heterocycles. The third-order valence-electron chi connectivity index (χ3n) is 4.61. The number of nitrogens with zero attached hydrogens (tertiary/aromatic N) is 9. The van der Waals surface area contributed by atoms with E-state index in [0.717, 1.165) is 35.6 Å². The van der Waals surface area contributed by atoms with Gasteiger partial charge in [-0.1, -0.05) is 20.8 Å². The van der Waals surface area contributed by atoms with Crippen LogP contribution in [0, 0.1) is 0 Å². The van der Waals surface area contributed by atoms with Gasteiger partial charge in [-0.15, -0.1) is 5.10 Å². The van der Waals surface area contributed by atoms with Gasteiger partial charge in [-0.3, -0.25) is 0 Å². The molecule has 10 nitrogen and oxygen atoms in total. The number of anilines is 1. The second-order valence-electron chi connectivity index (χ2n) is 7.77. The maximum atomic E-state index is 9.94. The molecule has 4 rings (SSSR count). The van der Waals surface area contributed by atoms with Crippen LogP contribution in [0.5, 0.6) is 0 Å². The van der Waals surface area contributed by atoms with E-state index < -0.39 is 0 Å². The fourth-order valence-electron chi connectivity index (χ4n) is 3.08. The van der Waals surface area contributed by atoms with Crippen molar-refractivity contribution in [2.24, 2.45) is 7.05 Å². The van der Waals surface area contributed by atoms with Crippen molar-refractivity contribution in [1.82, 2.24) is 40.0 Å². The Morgan fingerprint density at radius 1 is 1.27 bits per heavy atom. The standard InChI is InChI=1S/C16H23N9O/c1-16(2,3)15-18-13(24-6-5-10(26)8-24)11-7-17-25(14(11)19-15)9-12-20-21-22-23(12)4/h7,10,26H,5-6,8-9H2,1-4H3/t10-/m0/s1. The number of β-amino-alcohol motifs (C(OH)–C–C–N with tert-alkyl or cyclic N) is 1. The summed E-state index contributed by atoms with van der Waals surface area (Å²) in [6, 6.07) is 0. The van der Waals surface area contributed by atoms with Gasteiger partial charge in [-0.05, 0) is 16.8 Å². The zero-order valence-electron chi connectivity index (χ0n) is 15.5. The van der Waals surface area contributed by atoms with Crippen LogP contribution in [0.4, 0.5) is 5.82 Å². The van der Waals surface area contributed by atoms with Crippen molar-refractivity contribution in [2.75, 3.05) is 18.0 Å². The molecule has 0 spiro atoms. The molecule has 0 aromatic carbocycles. The van der Waals surface area contributed by atoms with Gasteiger partial charge >= 0.3 is 0 Å². The van der Waals surface area contributed by atoms with Gasteiger partial charge in [0.2, 0.25) is 0 Å². The minimum atomic E-state index is -0.321. The third kappa shape index (κ3) is 2.90. The summed E-state index contributed by atoms with van der Waals surface area (Å²) in [5.41, 5.74) is 0.548. The Kier molecular flexibility index (Phi) is 3.87. The smallest absolute Gasteiger partial charge is 0.172 e. The Balaban J connectivity index is 1.84. The van der Waals surface area contributed by atoms with Crippen molar-refractivity contribution in [1.29, 1.82) is 0 Å². The van der Waals surface area contributed by atoms with Crippen molar-refractivity contribution in [3.05, 3.63) is 17.8 Å². The van der Waals surface area contributed by atoms with E-state index in [4.69, 9.17) is 9.97 Å². The normalized spacial score (nSPS) is 18.2. The van der Waals surface area contributed by atoms with Crippen LogP contribution < -0.4 is 4.90 Å². The van der Waals surface area contributed by atoms with Crippen molar-refractivity contribution >= 4 is 16.9 Å². The highest BCUT2D eigenvalue weighted by atomic mass is 16.3. The Morgan fingerprint density at radius 3 is 2.69 bits per heavy atom. The van der Waals surface area contributed by atoms with E-state index in [1.165, 1.54) is 0 Å². The summed E-state index contributed by atoms with van der Waals surface area (Å²) in [6.45, 7) is 8.04. The highest BCUT2D eigenvalue weighted by molar-refractivity contribution is 5.87. The molecular weight excluding hydrogens is 334 g/mol. The van der Waals surface area contributed by atoms with Crippen LogP contribution in [0.25, 0.3) is 11.0 Å². The molecule has 10 heteroatoms. The molecule has 0 bridgehead atoms. The quantitative estimate of drug-likeness (QED) is 0.711. The summed E-state index contributed by atoms with van der Waals surface area (Å²) in [7, 11) is 1.80. The summed E-state index contributed by atoms with van der Waals surface area (Å²) in [4.78, 5) is 11.7. The molecular formula is C16H23N9O. The summed E-state index contributed by atoms with van der Waals surface area (Å²) >= 11 is 0. The lowest BCUT2D eigenvalue weighted by Gasteiger charge is -2.22. The number of hydrogen-bond acceptors (Lipinski definition) is 8. The SMILES string of the molecule is Cn1nnnc1Cn1ncc2c(N3CC[C@H](O)C3)nc(C(C)(C)C)nc21. The molecule has 1 fully saturated rings. The molecule has 4 heterocycles. The van der Waals surface area contributed by atoms with E-state index in [-0.39, 0.29) is 11.5 Å². The second-order valence-corrected chi connectivity index (χ2v) is 7.77. The van der Waals surface area contributed by atoms with E-state index in [9.17, 15) is 5.11 Å². The lowest BCUT2D eigenvalue weighted by molar-refractivity contribution is 0.198. The van der Waals surface area contributed by atoms with Gasteiger partial charge in [0.05, 0.1) is 17.7 Å². The van der Waals surface area contributed by atoms with Crippen LogP contribution in [0.2, 0.25) is 0 Å². The Morgan fingerprint density at radius 2 is 2.08 bits per heavy atom. The van der Waals surface area contributed by atoms with Gasteiger partial charge in [-0.2, -0.15) is 5.10 Å². The van der Waals surface area contributed by atoms with Gasteiger partial charge < -0.3 is 10.0 Å². The average molecular weight is 357 g/mol. The van der Waals surface area contributed by atoms with Crippen LogP contribution in [0.15, 0.2) is 6.20 Å². The number of aliphatic hydroxyl groups excluding tert-OH is 1. The van der Waals surface area contributed by atoms with Crippen molar-refractivity contribution in [3.8, 4) is 0 Å². The number of tetrazole rings is 1. The maximum Gasteiger partial charge on any atom is 0.172 e. The fourth-order valence-corrected chi connectivity index (χ4v) is 3.08. The molecule has 0 saturated carbocycles. The van der Waals surface area contributed by atoms with E-state index in [1.807, 2.05) is 0 Å². The zero-order valence-corrected chi connectivity index (χ0v) is 15.5. The number of aromatic nitrogens is 8. The van der Waals surface area contributed by atoms with Crippen molar-refractivity contribution in [2.45, 2.75) is 45.3 Å². The number of aryl methyl sites for hydroxylation is 1. The van der Waals surface area contributed by atoms with Gasteiger partial charge in [0, 0.05) is 25.6 Å². The lowest BCUT2D eigenvalue weighted by Crippen LogP contribution is -2.25. The first-order chi connectivity index (χ1) is 12.3. The maximum absolute atomic E-state index is 9.94. The van der Waals surface area contributed by atoms with Crippen molar-refractivity contribution < 1.29 is 5.11 Å². The van der Waals surface area contributed by atoms with Gasteiger partial charge in [-0.25, -0.2) is 19.3 Å².